The maximum Gasteiger partial charge on any atom is 0.255 e. The Morgan fingerprint density at radius 3 is 2.55 bits per heavy atom. The van der Waals surface area contributed by atoms with Gasteiger partial charge in [-0.15, -0.1) is 0 Å². The van der Waals surface area contributed by atoms with Crippen LogP contribution in [-0.4, -0.2) is 23.9 Å². The number of halogens is 1. The molecule has 0 atom stereocenters. The van der Waals surface area contributed by atoms with Crippen LogP contribution in [0.5, 0.6) is 5.75 Å². The summed E-state index contributed by atoms with van der Waals surface area (Å²) < 4.78 is 6.17. The number of aromatic nitrogens is 1. The van der Waals surface area contributed by atoms with E-state index in [9.17, 15) is 9.59 Å². The average molecular weight is 452 g/mol. The van der Waals surface area contributed by atoms with Crippen molar-refractivity contribution < 1.29 is 14.3 Å². The molecule has 3 aromatic rings. The van der Waals surface area contributed by atoms with Crippen LogP contribution in [0.15, 0.2) is 77.5 Å². The minimum absolute atomic E-state index is 0.276. The van der Waals surface area contributed by atoms with E-state index >= 15 is 0 Å². The largest absolute Gasteiger partial charge is 0.496 e. The molecule has 1 heterocycles. The van der Waals surface area contributed by atoms with Crippen molar-refractivity contribution >= 4 is 45.2 Å². The molecule has 146 valence electrons. The van der Waals surface area contributed by atoms with Gasteiger partial charge in [0.2, 0.25) is 5.91 Å². The van der Waals surface area contributed by atoms with E-state index < -0.39 is 0 Å². The molecule has 0 fully saturated rings. The summed E-state index contributed by atoms with van der Waals surface area (Å²) in [5, 5.41) is 5.53. The molecule has 0 unspecified atom stereocenters. The summed E-state index contributed by atoms with van der Waals surface area (Å²) >= 11 is 3.40. The lowest BCUT2D eigenvalue weighted by molar-refractivity contribution is -0.111. The zero-order valence-corrected chi connectivity index (χ0v) is 17.1. The van der Waals surface area contributed by atoms with Gasteiger partial charge in [-0.1, -0.05) is 22.0 Å². The van der Waals surface area contributed by atoms with Crippen LogP contribution in [0.3, 0.4) is 0 Å². The van der Waals surface area contributed by atoms with Crippen LogP contribution >= 0.6 is 15.9 Å². The zero-order valence-electron chi connectivity index (χ0n) is 15.6. The number of ether oxygens (including phenoxy) is 1. The summed E-state index contributed by atoms with van der Waals surface area (Å²) in [6, 6.07) is 15.6. The Kier molecular flexibility index (Phi) is 6.76. The number of hydrogen-bond donors (Lipinski definition) is 2. The molecule has 6 nitrogen and oxygen atoms in total. The predicted octanol–water partition coefficient (Wildman–Crippen LogP) is 4.76. The zero-order chi connectivity index (χ0) is 20.6. The van der Waals surface area contributed by atoms with Gasteiger partial charge in [-0.2, -0.15) is 0 Å². The van der Waals surface area contributed by atoms with E-state index in [4.69, 9.17) is 4.74 Å². The molecule has 3 rings (SSSR count). The molecule has 1 aromatic heterocycles. The maximum absolute atomic E-state index is 12.4. The minimum atomic E-state index is -0.321. The van der Waals surface area contributed by atoms with Gasteiger partial charge >= 0.3 is 0 Å². The predicted molar refractivity (Wildman–Crippen MR) is 117 cm³/mol. The third-order valence-corrected chi connectivity index (χ3v) is 4.43. The van der Waals surface area contributed by atoms with Crippen LogP contribution in [0.25, 0.3) is 6.08 Å². The van der Waals surface area contributed by atoms with E-state index in [0.717, 1.165) is 10.0 Å². The third kappa shape index (κ3) is 5.76. The van der Waals surface area contributed by atoms with Crippen molar-refractivity contribution in [3.05, 3.63) is 88.7 Å². The number of rotatable bonds is 6. The second-order valence-corrected chi connectivity index (χ2v) is 6.90. The first-order chi connectivity index (χ1) is 14.0. The molecule has 0 aliphatic heterocycles. The average Bonchev–Trinajstić information content (AvgIpc) is 2.73. The van der Waals surface area contributed by atoms with Crippen LogP contribution in [0.4, 0.5) is 11.4 Å². The van der Waals surface area contributed by atoms with E-state index in [0.29, 0.717) is 22.7 Å². The normalized spacial score (nSPS) is 10.6. The highest BCUT2D eigenvalue weighted by Crippen LogP contribution is 2.24. The van der Waals surface area contributed by atoms with Crippen molar-refractivity contribution in [2.45, 2.75) is 0 Å². The molecule has 2 N–H and O–H groups in total. The van der Waals surface area contributed by atoms with Gasteiger partial charge in [-0.05, 0) is 54.6 Å². The van der Waals surface area contributed by atoms with E-state index in [1.165, 1.54) is 6.08 Å². The third-order valence-electron chi connectivity index (χ3n) is 3.94. The first-order valence-electron chi connectivity index (χ1n) is 8.69. The summed E-state index contributed by atoms with van der Waals surface area (Å²) in [6.07, 6.45) is 6.27. The highest BCUT2D eigenvalue weighted by atomic mass is 79.9. The molecule has 0 spiro atoms. The molecule has 0 aliphatic rings. The molecule has 2 aromatic carbocycles. The first-order valence-corrected chi connectivity index (χ1v) is 9.48. The van der Waals surface area contributed by atoms with Crippen LogP contribution < -0.4 is 15.4 Å². The number of hydrogen-bond acceptors (Lipinski definition) is 4. The Bertz CT molecular complexity index is 1050. The summed E-state index contributed by atoms with van der Waals surface area (Å²) in [5.41, 5.74) is 2.35. The number of amides is 2. The molecule has 29 heavy (non-hydrogen) atoms. The fourth-order valence-corrected chi connectivity index (χ4v) is 2.94. The number of anilines is 2. The monoisotopic (exact) mass is 451 g/mol. The lowest BCUT2D eigenvalue weighted by Crippen LogP contribution is -2.13. The Morgan fingerprint density at radius 1 is 1.00 bits per heavy atom. The van der Waals surface area contributed by atoms with Crippen molar-refractivity contribution in [2.75, 3.05) is 17.7 Å². The number of methoxy groups -OCH3 is 1. The maximum atomic E-state index is 12.4. The number of carbonyl (C=O) groups is 2. The molecule has 2 amide bonds. The fraction of sp³-hybridized carbons (Fsp3) is 0.0455. The minimum Gasteiger partial charge on any atom is -0.496 e. The van der Waals surface area contributed by atoms with Crippen LogP contribution in [0.1, 0.15) is 15.9 Å². The number of nitrogens with zero attached hydrogens (tertiary/aromatic N) is 1. The van der Waals surface area contributed by atoms with Gasteiger partial charge < -0.3 is 15.4 Å². The molecule has 0 bridgehead atoms. The number of pyridine rings is 1. The Labute approximate surface area is 176 Å². The summed E-state index contributed by atoms with van der Waals surface area (Å²) in [4.78, 5) is 28.6. The van der Waals surface area contributed by atoms with Gasteiger partial charge in [0.15, 0.2) is 0 Å². The molecule has 7 heteroatoms. The standard InChI is InChI=1S/C22H18BrN3O3/c1-29-20-7-6-17(23)13-15(20)5-8-21(27)25-19-4-2-3-16(14-19)22(28)26-18-9-11-24-12-10-18/h2-14H,1H3,(H,25,27)(H,24,26,28)/b8-5+. The quantitative estimate of drug-likeness (QED) is 0.529. The van der Waals surface area contributed by atoms with E-state index in [1.54, 1.807) is 62.0 Å². The highest BCUT2D eigenvalue weighted by Gasteiger charge is 2.08. The topological polar surface area (TPSA) is 80.3 Å². The van der Waals surface area contributed by atoms with E-state index in [-0.39, 0.29) is 11.8 Å². The summed E-state index contributed by atoms with van der Waals surface area (Å²) in [5.74, 6) is 0.0625. The van der Waals surface area contributed by atoms with Crippen LogP contribution in [0, 0.1) is 0 Å². The van der Waals surface area contributed by atoms with Gasteiger partial charge in [0, 0.05) is 45.4 Å². The SMILES string of the molecule is COc1ccc(Br)cc1/C=C/C(=O)Nc1cccc(C(=O)Nc2ccncc2)c1. The smallest absolute Gasteiger partial charge is 0.255 e. The Morgan fingerprint density at radius 2 is 1.79 bits per heavy atom. The van der Waals surface area contributed by atoms with Crippen LogP contribution in [0.2, 0.25) is 0 Å². The first kappa shape index (κ1) is 20.3. The number of benzene rings is 2. The number of carbonyl (C=O) groups excluding carboxylic acids is 2. The second-order valence-electron chi connectivity index (χ2n) is 5.98. The highest BCUT2D eigenvalue weighted by molar-refractivity contribution is 9.10. The molecular weight excluding hydrogens is 434 g/mol. The van der Waals surface area contributed by atoms with Gasteiger partial charge in [0.25, 0.3) is 5.91 Å². The van der Waals surface area contributed by atoms with E-state index in [2.05, 4.69) is 31.5 Å². The van der Waals surface area contributed by atoms with Crippen molar-refractivity contribution in [1.29, 1.82) is 0 Å². The van der Waals surface area contributed by atoms with Crippen LogP contribution in [-0.2, 0) is 4.79 Å². The Hall–Kier alpha value is -3.45. The fourth-order valence-electron chi connectivity index (χ4n) is 2.56. The van der Waals surface area contributed by atoms with Gasteiger partial charge in [-0.25, -0.2) is 0 Å². The molecule has 0 saturated carbocycles. The van der Waals surface area contributed by atoms with Crippen molar-refractivity contribution in [2.24, 2.45) is 0 Å². The van der Waals surface area contributed by atoms with Gasteiger partial charge in [0.05, 0.1) is 7.11 Å². The summed E-state index contributed by atoms with van der Waals surface area (Å²) in [7, 11) is 1.57. The molecule has 0 radical (unpaired) electrons. The van der Waals surface area contributed by atoms with Crippen molar-refractivity contribution in [3.8, 4) is 5.75 Å². The molecule has 0 aliphatic carbocycles. The van der Waals surface area contributed by atoms with Crippen molar-refractivity contribution in [3.63, 3.8) is 0 Å². The lowest BCUT2D eigenvalue weighted by Gasteiger charge is -2.08. The van der Waals surface area contributed by atoms with Gasteiger partial charge in [0.1, 0.15) is 5.75 Å². The number of nitrogens with one attached hydrogen (secondary N) is 2. The Balaban J connectivity index is 1.67. The van der Waals surface area contributed by atoms with Gasteiger partial charge in [-0.3, -0.25) is 14.6 Å². The molecular formula is C22H18BrN3O3. The van der Waals surface area contributed by atoms with Crippen molar-refractivity contribution in [1.82, 2.24) is 4.98 Å². The lowest BCUT2D eigenvalue weighted by atomic mass is 10.1. The second kappa shape index (κ2) is 9.66. The molecule has 0 saturated heterocycles. The summed E-state index contributed by atoms with van der Waals surface area (Å²) in [6.45, 7) is 0. The van der Waals surface area contributed by atoms with E-state index in [1.807, 2.05) is 18.2 Å².